The summed E-state index contributed by atoms with van der Waals surface area (Å²) in [7, 11) is 3.31. The number of rotatable bonds is 9. The van der Waals surface area contributed by atoms with Crippen molar-refractivity contribution in [1.82, 2.24) is 20.9 Å². The molecular weight excluding hydrogens is 437 g/mol. The number of carbonyl (C=O) groups is 1. The molecule has 1 aliphatic heterocycles. The molecule has 0 aromatic heterocycles. The van der Waals surface area contributed by atoms with E-state index in [1.807, 2.05) is 0 Å². The van der Waals surface area contributed by atoms with Crippen LogP contribution in [0.5, 0.6) is 0 Å². The molecule has 0 bridgehead atoms. The molecule has 9 heteroatoms. The van der Waals surface area contributed by atoms with Gasteiger partial charge in [-0.2, -0.15) is 0 Å². The highest BCUT2D eigenvalue weighted by Gasteiger charge is 2.23. The van der Waals surface area contributed by atoms with Gasteiger partial charge in [0.2, 0.25) is 5.91 Å². The van der Waals surface area contributed by atoms with Gasteiger partial charge in [-0.05, 0) is 5.92 Å². The van der Waals surface area contributed by atoms with Gasteiger partial charge in [0.25, 0.3) is 0 Å². The molecule has 1 atom stereocenters. The van der Waals surface area contributed by atoms with Gasteiger partial charge in [-0.25, -0.2) is 0 Å². The summed E-state index contributed by atoms with van der Waals surface area (Å²) in [5.74, 6) is 1.07. The normalized spacial score (nSPS) is 16.9. The number of methoxy groups -OCH3 is 1. The van der Waals surface area contributed by atoms with Crippen LogP contribution in [0.2, 0.25) is 0 Å². The highest BCUT2D eigenvalue weighted by Crippen LogP contribution is 2.12. The molecule has 0 aliphatic carbocycles. The predicted molar refractivity (Wildman–Crippen MR) is 111 cm³/mol. The fourth-order valence-corrected chi connectivity index (χ4v) is 2.64. The lowest BCUT2D eigenvalue weighted by Gasteiger charge is -2.37. The Morgan fingerprint density at radius 3 is 2.48 bits per heavy atom. The zero-order valence-corrected chi connectivity index (χ0v) is 18.2. The summed E-state index contributed by atoms with van der Waals surface area (Å²) < 4.78 is 10.3. The van der Waals surface area contributed by atoms with E-state index in [1.165, 1.54) is 0 Å². The Labute approximate surface area is 168 Å². The van der Waals surface area contributed by atoms with Crippen LogP contribution in [0.3, 0.4) is 0 Å². The molecule has 0 aromatic carbocycles. The van der Waals surface area contributed by atoms with Gasteiger partial charge in [0.1, 0.15) is 0 Å². The molecule has 1 aliphatic rings. The molecular formula is C16H34IN5O3. The minimum Gasteiger partial charge on any atom is -0.383 e. The molecule has 25 heavy (non-hydrogen) atoms. The highest BCUT2D eigenvalue weighted by atomic mass is 127. The van der Waals surface area contributed by atoms with Gasteiger partial charge < -0.3 is 25.4 Å². The SMILES string of the molecule is CN=C(NCC(=O)NCCOC)NCC(C(C)C)N1CCOCC1.I. The number of guanidine groups is 1. The number of halogens is 1. The zero-order chi connectivity index (χ0) is 17.8. The van der Waals surface area contributed by atoms with Crippen LogP contribution < -0.4 is 16.0 Å². The molecule has 1 heterocycles. The fraction of sp³-hybridized carbons (Fsp3) is 0.875. The first kappa shape index (κ1) is 24.4. The first-order valence-electron chi connectivity index (χ1n) is 8.60. The summed E-state index contributed by atoms with van der Waals surface area (Å²) in [6.45, 7) is 9.93. The fourth-order valence-electron chi connectivity index (χ4n) is 2.64. The minimum atomic E-state index is -0.0800. The number of nitrogens with zero attached hydrogens (tertiary/aromatic N) is 2. The van der Waals surface area contributed by atoms with Crippen LogP contribution in [0.4, 0.5) is 0 Å². The molecule has 3 N–H and O–H groups in total. The van der Waals surface area contributed by atoms with Gasteiger partial charge in [-0.3, -0.25) is 14.7 Å². The number of nitrogens with one attached hydrogen (secondary N) is 3. The highest BCUT2D eigenvalue weighted by molar-refractivity contribution is 14.0. The smallest absolute Gasteiger partial charge is 0.239 e. The number of amides is 1. The van der Waals surface area contributed by atoms with E-state index in [1.54, 1.807) is 14.2 Å². The molecule has 0 saturated carbocycles. The third-order valence-corrected chi connectivity index (χ3v) is 4.03. The maximum atomic E-state index is 11.7. The quantitative estimate of drug-likeness (QED) is 0.188. The molecule has 1 fully saturated rings. The van der Waals surface area contributed by atoms with Crippen LogP contribution in [0.15, 0.2) is 4.99 Å². The van der Waals surface area contributed by atoms with Crippen molar-refractivity contribution in [3.63, 3.8) is 0 Å². The summed E-state index contributed by atoms with van der Waals surface area (Å²) in [4.78, 5) is 18.3. The van der Waals surface area contributed by atoms with Crippen LogP contribution >= 0.6 is 24.0 Å². The Balaban J connectivity index is 0.00000576. The van der Waals surface area contributed by atoms with E-state index < -0.39 is 0 Å². The van der Waals surface area contributed by atoms with Crippen LogP contribution in [-0.2, 0) is 14.3 Å². The van der Waals surface area contributed by atoms with Gasteiger partial charge in [-0.1, -0.05) is 13.8 Å². The first-order chi connectivity index (χ1) is 11.6. The molecule has 148 valence electrons. The summed E-state index contributed by atoms with van der Waals surface area (Å²) in [5.41, 5.74) is 0. The molecule has 1 amide bonds. The summed E-state index contributed by atoms with van der Waals surface area (Å²) in [6, 6.07) is 0.406. The number of morpholine rings is 1. The van der Waals surface area contributed by atoms with Crippen molar-refractivity contribution in [3.05, 3.63) is 0 Å². The van der Waals surface area contributed by atoms with Crippen molar-refractivity contribution in [2.75, 3.05) is 66.7 Å². The lowest BCUT2D eigenvalue weighted by molar-refractivity contribution is -0.120. The van der Waals surface area contributed by atoms with E-state index in [0.717, 1.165) is 32.8 Å². The third-order valence-electron chi connectivity index (χ3n) is 4.03. The van der Waals surface area contributed by atoms with Crippen molar-refractivity contribution < 1.29 is 14.3 Å². The van der Waals surface area contributed by atoms with Gasteiger partial charge >= 0.3 is 0 Å². The molecule has 0 radical (unpaired) electrons. The van der Waals surface area contributed by atoms with Gasteiger partial charge in [-0.15, -0.1) is 24.0 Å². The number of aliphatic imine (C=N–C) groups is 1. The van der Waals surface area contributed by atoms with Gasteiger partial charge in [0.15, 0.2) is 5.96 Å². The Morgan fingerprint density at radius 1 is 1.24 bits per heavy atom. The average molecular weight is 471 g/mol. The Hall–Kier alpha value is -0.650. The molecule has 1 saturated heterocycles. The number of carbonyl (C=O) groups excluding carboxylic acids is 1. The van der Waals surface area contributed by atoms with E-state index in [-0.39, 0.29) is 36.4 Å². The number of ether oxygens (including phenoxy) is 2. The standard InChI is InChI=1S/C16H33N5O3.HI/c1-13(2)14(21-6-9-24-10-7-21)11-19-16(17-3)20-12-15(22)18-5-8-23-4;/h13-14H,5-12H2,1-4H3,(H,18,22)(H2,17,19,20);1H. The third kappa shape index (κ3) is 10.2. The van der Waals surface area contributed by atoms with Crippen LogP contribution in [0.25, 0.3) is 0 Å². The van der Waals surface area contributed by atoms with Crippen LogP contribution in [0, 0.1) is 5.92 Å². The van der Waals surface area contributed by atoms with Crippen molar-refractivity contribution in [3.8, 4) is 0 Å². The topological polar surface area (TPSA) is 87.2 Å². The molecule has 8 nitrogen and oxygen atoms in total. The van der Waals surface area contributed by atoms with E-state index in [9.17, 15) is 4.79 Å². The summed E-state index contributed by atoms with van der Waals surface area (Å²) in [5, 5.41) is 9.13. The molecule has 0 spiro atoms. The lowest BCUT2D eigenvalue weighted by atomic mass is 10.0. The van der Waals surface area contributed by atoms with Gasteiger partial charge in [0.05, 0.1) is 26.4 Å². The molecule has 1 unspecified atom stereocenters. The van der Waals surface area contributed by atoms with E-state index in [2.05, 4.69) is 39.7 Å². The second-order valence-electron chi connectivity index (χ2n) is 6.11. The lowest BCUT2D eigenvalue weighted by Crippen LogP contribution is -2.53. The summed E-state index contributed by atoms with van der Waals surface area (Å²) >= 11 is 0. The predicted octanol–water partition coefficient (Wildman–Crippen LogP) is -0.111. The maximum Gasteiger partial charge on any atom is 0.239 e. The second kappa shape index (κ2) is 14.5. The van der Waals surface area contributed by atoms with Crippen molar-refractivity contribution >= 4 is 35.8 Å². The monoisotopic (exact) mass is 471 g/mol. The molecule has 1 rings (SSSR count). The number of hydrogen-bond donors (Lipinski definition) is 3. The largest absolute Gasteiger partial charge is 0.383 e. The van der Waals surface area contributed by atoms with Crippen LogP contribution in [-0.4, -0.2) is 89.5 Å². The maximum absolute atomic E-state index is 11.7. The van der Waals surface area contributed by atoms with E-state index >= 15 is 0 Å². The van der Waals surface area contributed by atoms with Crippen LogP contribution in [0.1, 0.15) is 13.8 Å². The Bertz CT molecular complexity index is 390. The Kier molecular flexibility index (Phi) is 14.1. The second-order valence-corrected chi connectivity index (χ2v) is 6.11. The first-order valence-corrected chi connectivity index (χ1v) is 8.60. The Morgan fingerprint density at radius 2 is 1.92 bits per heavy atom. The van der Waals surface area contributed by atoms with E-state index in [0.29, 0.717) is 31.1 Å². The average Bonchev–Trinajstić information content (AvgIpc) is 2.58. The summed E-state index contributed by atoms with van der Waals surface area (Å²) in [6.07, 6.45) is 0. The van der Waals surface area contributed by atoms with Crippen molar-refractivity contribution in [1.29, 1.82) is 0 Å². The van der Waals surface area contributed by atoms with Gasteiger partial charge in [0, 0.05) is 46.4 Å². The number of hydrogen-bond acceptors (Lipinski definition) is 5. The van der Waals surface area contributed by atoms with Crippen molar-refractivity contribution in [2.45, 2.75) is 19.9 Å². The minimum absolute atomic E-state index is 0. The molecule has 0 aromatic rings. The van der Waals surface area contributed by atoms with E-state index in [4.69, 9.17) is 9.47 Å². The zero-order valence-electron chi connectivity index (χ0n) is 15.8. The van der Waals surface area contributed by atoms with Crippen molar-refractivity contribution in [2.24, 2.45) is 10.9 Å².